The lowest BCUT2D eigenvalue weighted by molar-refractivity contribution is -0.384. The number of nitro benzene ring substituents is 1. The van der Waals surface area contributed by atoms with Crippen LogP contribution in [0.25, 0.3) is 0 Å². The monoisotopic (exact) mass is 306 g/mol. The average molecular weight is 306 g/mol. The summed E-state index contributed by atoms with van der Waals surface area (Å²) in [5, 5.41) is 10.7. The van der Waals surface area contributed by atoms with Crippen LogP contribution in [-0.2, 0) is 4.79 Å². The highest BCUT2D eigenvalue weighted by Crippen LogP contribution is 2.21. The minimum absolute atomic E-state index is 0.104. The largest absolute Gasteiger partial charge is 0.369 e. The van der Waals surface area contributed by atoms with Gasteiger partial charge in [0.15, 0.2) is 0 Å². The maximum atomic E-state index is 12.0. The first kappa shape index (κ1) is 16.2. The zero-order chi connectivity index (χ0) is 16.3. The molecule has 1 aliphatic rings. The van der Waals surface area contributed by atoms with Crippen LogP contribution in [0.4, 0.5) is 11.4 Å². The van der Waals surface area contributed by atoms with Crippen LogP contribution >= 0.6 is 0 Å². The summed E-state index contributed by atoms with van der Waals surface area (Å²) in [6.07, 6.45) is 0. The van der Waals surface area contributed by atoms with E-state index in [-0.39, 0.29) is 17.6 Å². The number of nitrogens with zero attached hydrogens (tertiary/aromatic N) is 4. The molecule has 1 aromatic rings. The summed E-state index contributed by atoms with van der Waals surface area (Å²) in [4.78, 5) is 28.3. The molecule has 1 fully saturated rings. The van der Waals surface area contributed by atoms with E-state index in [1.54, 1.807) is 31.1 Å². The van der Waals surface area contributed by atoms with E-state index in [0.717, 1.165) is 31.9 Å². The van der Waals surface area contributed by atoms with Crippen molar-refractivity contribution in [2.45, 2.75) is 13.0 Å². The van der Waals surface area contributed by atoms with Gasteiger partial charge in [0.1, 0.15) is 0 Å². The fraction of sp³-hybridized carbons (Fsp3) is 0.533. The topological polar surface area (TPSA) is 69.9 Å². The Bertz CT molecular complexity index is 536. The number of amides is 1. The second kappa shape index (κ2) is 6.74. The molecule has 0 aromatic heterocycles. The third-order valence-electron chi connectivity index (χ3n) is 4.09. The van der Waals surface area contributed by atoms with Gasteiger partial charge in [-0.2, -0.15) is 0 Å². The van der Waals surface area contributed by atoms with E-state index in [9.17, 15) is 14.9 Å². The Balaban J connectivity index is 1.94. The fourth-order valence-corrected chi connectivity index (χ4v) is 2.68. The minimum Gasteiger partial charge on any atom is -0.369 e. The predicted octanol–water partition coefficient (Wildman–Crippen LogP) is 1.19. The lowest BCUT2D eigenvalue weighted by atomic mass is 10.2. The van der Waals surface area contributed by atoms with Crippen LogP contribution in [0.5, 0.6) is 0 Å². The highest BCUT2D eigenvalue weighted by Gasteiger charge is 2.26. The van der Waals surface area contributed by atoms with Gasteiger partial charge in [-0.05, 0) is 19.1 Å². The van der Waals surface area contributed by atoms with Crippen molar-refractivity contribution >= 4 is 17.3 Å². The van der Waals surface area contributed by atoms with Crippen LogP contribution in [0.15, 0.2) is 24.3 Å². The molecule has 0 bridgehead atoms. The van der Waals surface area contributed by atoms with Gasteiger partial charge in [-0.15, -0.1) is 0 Å². The van der Waals surface area contributed by atoms with Crippen LogP contribution in [0.3, 0.4) is 0 Å². The maximum Gasteiger partial charge on any atom is 0.269 e. The molecule has 0 spiro atoms. The van der Waals surface area contributed by atoms with E-state index in [1.165, 1.54) is 12.1 Å². The van der Waals surface area contributed by atoms with Crippen LogP contribution in [-0.4, -0.2) is 66.9 Å². The van der Waals surface area contributed by atoms with Crippen molar-refractivity contribution < 1.29 is 9.72 Å². The average Bonchev–Trinajstić information content (AvgIpc) is 2.53. The van der Waals surface area contributed by atoms with Gasteiger partial charge < -0.3 is 9.80 Å². The van der Waals surface area contributed by atoms with E-state index < -0.39 is 4.92 Å². The molecule has 1 amide bonds. The van der Waals surface area contributed by atoms with Gasteiger partial charge in [0.2, 0.25) is 5.91 Å². The lowest BCUT2D eigenvalue weighted by Gasteiger charge is -2.39. The summed E-state index contributed by atoms with van der Waals surface area (Å²) < 4.78 is 0. The molecule has 1 aliphatic heterocycles. The van der Waals surface area contributed by atoms with Crippen molar-refractivity contribution in [3.8, 4) is 0 Å². The van der Waals surface area contributed by atoms with Gasteiger partial charge in [-0.1, -0.05) is 0 Å². The Hall–Kier alpha value is -2.15. The van der Waals surface area contributed by atoms with Crippen molar-refractivity contribution in [2.24, 2.45) is 0 Å². The molecule has 1 atom stereocenters. The highest BCUT2D eigenvalue weighted by atomic mass is 16.6. The number of nitro groups is 1. The second-order valence-electron chi connectivity index (χ2n) is 5.71. The number of likely N-dealkylation sites (N-methyl/N-ethyl adjacent to an activating group) is 1. The number of hydrogen-bond donors (Lipinski definition) is 0. The molecule has 0 radical (unpaired) electrons. The van der Waals surface area contributed by atoms with Crippen LogP contribution in [0, 0.1) is 10.1 Å². The molecule has 0 unspecified atom stereocenters. The summed E-state index contributed by atoms with van der Waals surface area (Å²) in [6.45, 7) is 5.16. The molecule has 0 aliphatic carbocycles. The van der Waals surface area contributed by atoms with Crippen molar-refractivity contribution in [3.05, 3.63) is 34.4 Å². The lowest BCUT2D eigenvalue weighted by Crippen LogP contribution is -2.53. The van der Waals surface area contributed by atoms with E-state index >= 15 is 0 Å². The van der Waals surface area contributed by atoms with Crippen LogP contribution < -0.4 is 4.90 Å². The number of benzene rings is 1. The molecule has 7 nitrogen and oxygen atoms in total. The van der Waals surface area contributed by atoms with Crippen LogP contribution in [0.2, 0.25) is 0 Å². The minimum atomic E-state index is -0.393. The van der Waals surface area contributed by atoms with E-state index in [0.29, 0.717) is 0 Å². The normalized spacial score (nSPS) is 17.1. The third-order valence-corrected chi connectivity index (χ3v) is 4.09. The Kier molecular flexibility index (Phi) is 4.97. The fourth-order valence-electron chi connectivity index (χ4n) is 2.68. The number of anilines is 1. The highest BCUT2D eigenvalue weighted by molar-refractivity contribution is 5.81. The first-order chi connectivity index (χ1) is 10.4. The van der Waals surface area contributed by atoms with Crippen molar-refractivity contribution in [1.29, 1.82) is 0 Å². The van der Waals surface area contributed by atoms with Crippen LogP contribution in [0.1, 0.15) is 6.92 Å². The predicted molar refractivity (Wildman–Crippen MR) is 85.0 cm³/mol. The third kappa shape index (κ3) is 3.54. The van der Waals surface area contributed by atoms with E-state index in [4.69, 9.17) is 0 Å². The molecular weight excluding hydrogens is 284 g/mol. The molecule has 22 heavy (non-hydrogen) atoms. The van der Waals surface area contributed by atoms with E-state index in [2.05, 4.69) is 9.80 Å². The number of hydrogen-bond acceptors (Lipinski definition) is 5. The van der Waals surface area contributed by atoms with Crippen molar-refractivity contribution in [2.75, 3.05) is 45.2 Å². The smallest absolute Gasteiger partial charge is 0.269 e. The Morgan fingerprint density at radius 2 is 1.73 bits per heavy atom. The summed E-state index contributed by atoms with van der Waals surface area (Å²) in [7, 11) is 3.54. The molecule has 2 rings (SSSR count). The van der Waals surface area contributed by atoms with Crippen molar-refractivity contribution in [3.63, 3.8) is 0 Å². The Morgan fingerprint density at radius 1 is 1.18 bits per heavy atom. The van der Waals surface area contributed by atoms with E-state index in [1.807, 2.05) is 6.92 Å². The van der Waals surface area contributed by atoms with Crippen molar-refractivity contribution in [1.82, 2.24) is 9.80 Å². The van der Waals surface area contributed by atoms with Gasteiger partial charge in [-0.3, -0.25) is 19.8 Å². The molecular formula is C15H22N4O3. The molecule has 1 saturated heterocycles. The summed E-state index contributed by atoms with van der Waals surface area (Å²) >= 11 is 0. The standard InChI is InChI=1S/C15H22N4O3/c1-12(15(20)16(2)3)17-8-10-18(11-9-17)13-4-6-14(7-5-13)19(21)22/h4-7,12H,8-11H2,1-3H3/t12-/m1/s1. The zero-order valence-corrected chi connectivity index (χ0v) is 13.2. The quantitative estimate of drug-likeness (QED) is 0.617. The molecule has 120 valence electrons. The molecule has 1 heterocycles. The molecule has 0 N–H and O–H groups in total. The number of carbonyl (C=O) groups is 1. The Morgan fingerprint density at radius 3 is 2.18 bits per heavy atom. The van der Waals surface area contributed by atoms with Gasteiger partial charge in [0.05, 0.1) is 11.0 Å². The number of non-ortho nitro benzene ring substituents is 1. The summed E-state index contributed by atoms with van der Waals surface area (Å²) in [6, 6.07) is 6.50. The van der Waals surface area contributed by atoms with Gasteiger partial charge >= 0.3 is 0 Å². The first-order valence-electron chi connectivity index (χ1n) is 7.35. The first-order valence-corrected chi connectivity index (χ1v) is 7.35. The molecule has 0 saturated carbocycles. The SMILES string of the molecule is C[C@H](C(=O)N(C)C)N1CCN(c2ccc([N+](=O)[O-])cc2)CC1. The molecule has 1 aromatic carbocycles. The number of rotatable bonds is 4. The summed E-state index contributed by atoms with van der Waals surface area (Å²) in [5.74, 6) is 0.115. The molecule has 7 heteroatoms. The number of piperazine rings is 1. The number of carbonyl (C=O) groups excluding carboxylic acids is 1. The van der Waals surface area contributed by atoms with Gasteiger partial charge in [0, 0.05) is 58.1 Å². The second-order valence-corrected chi connectivity index (χ2v) is 5.71. The van der Waals surface area contributed by atoms with Gasteiger partial charge in [0.25, 0.3) is 5.69 Å². The zero-order valence-electron chi connectivity index (χ0n) is 13.2. The van der Waals surface area contributed by atoms with Gasteiger partial charge in [-0.25, -0.2) is 0 Å². The summed E-state index contributed by atoms with van der Waals surface area (Å²) in [5.41, 5.74) is 1.09. The Labute approximate surface area is 130 Å². The maximum absolute atomic E-state index is 12.0.